The number of piperidine rings is 1. The molecule has 1 aliphatic heterocycles. The Morgan fingerprint density at radius 1 is 1.21 bits per heavy atom. The van der Waals surface area contributed by atoms with Crippen LogP contribution in [-0.4, -0.2) is 32.0 Å². The van der Waals surface area contributed by atoms with E-state index in [9.17, 15) is 4.79 Å². The molecule has 2 rings (SSSR count). The van der Waals surface area contributed by atoms with Gasteiger partial charge in [0, 0.05) is 49.9 Å². The maximum absolute atomic E-state index is 11.6. The molecule has 0 aromatic heterocycles. The van der Waals surface area contributed by atoms with Crippen molar-refractivity contribution in [1.82, 2.24) is 0 Å². The van der Waals surface area contributed by atoms with E-state index in [1.807, 2.05) is 6.92 Å². The lowest BCUT2D eigenvalue weighted by atomic mass is 9.98. The molecule has 104 valence electrons. The van der Waals surface area contributed by atoms with Gasteiger partial charge in [-0.25, -0.2) is 0 Å². The highest BCUT2D eigenvalue weighted by molar-refractivity contribution is 5.83. The molecule has 1 unspecified atom stereocenters. The Hall–Kier alpha value is -1.51. The van der Waals surface area contributed by atoms with E-state index in [0.717, 1.165) is 26.2 Å². The van der Waals surface area contributed by atoms with Crippen molar-refractivity contribution in [1.29, 1.82) is 0 Å². The van der Waals surface area contributed by atoms with Crippen LogP contribution < -0.4 is 9.80 Å². The van der Waals surface area contributed by atoms with Gasteiger partial charge in [0.2, 0.25) is 0 Å². The predicted octanol–water partition coefficient (Wildman–Crippen LogP) is 2.95. The molecule has 0 amide bonds. The number of carbonyl (C=O) groups excluding carboxylic acids is 1. The van der Waals surface area contributed by atoms with Crippen molar-refractivity contribution in [2.45, 2.75) is 27.2 Å². The minimum atomic E-state index is 0.163. The Labute approximate surface area is 116 Å². The Morgan fingerprint density at radius 2 is 1.84 bits per heavy atom. The Balaban J connectivity index is 2.08. The van der Waals surface area contributed by atoms with E-state index >= 15 is 0 Å². The molecule has 0 spiro atoms. The molecule has 1 fully saturated rings. The second-order valence-corrected chi connectivity index (χ2v) is 5.25. The number of Topliss-reactive ketones (excluding diaryl/α,β-unsaturated/α-hetero) is 1. The van der Waals surface area contributed by atoms with Crippen LogP contribution in [0.3, 0.4) is 0 Å². The van der Waals surface area contributed by atoms with Crippen LogP contribution in [0.2, 0.25) is 0 Å². The van der Waals surface area contributed by atoms with Crippen molar-refractivity contribution < 1.29 is 4.79 Å². The number of hydrogen-bond donors (Lipinski definition) is 0. The van der Waals surface area contributed by atoms with Crippen molar-refractivity contribution in [2.75, 3.05) is 36.0 Å². The third kappa shape index (κ3) is 3.09. The van der Waals surface area contributed by atoms with Crippen LogP contribution in [-0.2, 0) is 4.79 Å². The van der Waals surface area contributed by atoms with Crippen molar-refractivity contribution in [3.8, 4) is 0 Å². The first-order chi connectivity index (χ1) is 9.15. The van der Waals surface area contributed by atoms with E-state index < -0.39 is 0 Å². The number of benzene rings is 1. The summed E-state index contributed by atoms with van der Waals surface area (Å²) in [5.41, 5.74) is 2.50. The zero-order chi connectivity index (χ0) is 13.8. The van der Waals surface area contributed by atoms with Gasteiger partial charge in [0.25, 0.3) is 0 Å². The number of ketones is 1. The Kier molecular flexibility index (Phi) is 4.46. The molecular formula is C16H24N2O. The first kappa shape index (κ1) is 13.9. The lowest BCUT2D eigenvalue weighted by Gasteiger charge is -2.32. The van der Waals surface area contributed by atoms with Gasteiger partial charge in [-0.1, -0.05) is 6.92 Å². The third-order valence-corrected chi connectivity index (χ3v) is 4.02. The molecule has 0 N–H and O–H groups in total. The molecule has 3 heteroatoms. The van der Waals surface area contributed by atoms with Crippen LogP contribution in [0.25, 0.3) is 0 Å². The lowest BCUT2D eigenvalue weighted by Crippen LogP contribution is -2.39. The van der Waals surface area contributed by atoms with Gasteiger partial charge in [0.15, 0.2) is 0 Å². The lowest BCUT2D eigenvalue weighted by molar-refractivity contribution is -0.122. The van der Waals surface area contributed by atoms with Crippen molar-refractivity contribution >= 4 is 17.2 Å². The highest BCUT2D eigenvalue weighted by Gasteiger charge is 2.23. The molecule has 1 aromatic carbocycles. The van der Waals surface area contributed by atoms with E-state index in [4.69, 9.17) is 0 Å². The maximum Gasteiger partial charge on any atom is 0.139 e. The normalized spacial score (nSPS) is 19.6. The van der Waals surface area contributed by atoms with Gasteiger partial charge in [-0.05, 0) is 38.1 Å². The minimum absolute atomic E-state index is 0.163. The summed E-state index contributed by atoms with van der Waals surface area (Å²) in [5.74, 6) is 0.562. The molecule has 0 radical (unpaired) electrons. The molecule has 0 aliphatic carbocycles. The summed E-state index contributed by atoms with van der Waals surface area (Å²) < 4.78 is 0. The highest BCUT2D eigenvalue weighted by Crippen LogP contribution is 2.24. The summed E-state index contributed by atoms with van der Waals surface area (Å²) in [5, 5.41) is 0. The van der Waals surface area contributed by atoms with Gasteiger partial charge in [-0.2, -0.15) is 0 Å². The number of rotatable bonds is 4. The Morgan fingerprint density at radius 3 is 2.37 bits per heavy atom. The second kappa shape index (κ2) is 6.09. The van der Waals surface area contributed by atoms with Gasteiger partial charge in [-0.15, -0.1) is 0 Å². The van der Waals surface area contributed by atoms with Crippen molar-refractivity contribution in [2.24, 2.45) is 5.92 Å². The standard InChI is InChI=1S/C16H24N2O/c1-4-17(5-2)14-6-8-15(9-7-14)18-11-10-16(19)13(3)12-18/h6-9,13H,4-5,10-12H2,1-3H3. The van der Waals surface area contributed by atoms with Gasteiger partial charge < -0.3 is 9.80 Å². The van der Waals surface area contributed by atoms with Crippen molar-refractivity contribution in [3.63, 3.8) is 0 Å². The zero-order valence-electron chi connectivity index (χ0n) is 12.2. The summed E-state index contributed by atoms with van der Waals surface area (Å²) in [6, 6.07) is 8.72. The maximum atomic E-state index is 11.6. The first-order valence-corrected chi connectivity index (χ1v) is 7.28. The van der Waals surface area contributed by atoms with Crippen LogP contribution >= 0.6 is 0 Å². The van der Waals surface area contributed by atoms with Gasteiger partial charge in [0.1, 0.15) is 5.78 Å². The number of carbonyl (C=O) groups is 1. The summed E-state index contributed by atoms with van der Waals surface area (Å²) in [6.45, 7) is 10.1. The number of anilines is 2. The number of nitrogens with zero attached hydrogens (tertiary/aromatic N) is 2. The van der Waals surface area contributed by atoms with Crippen LogP contribution in [0.15, 0.2) is 24.3 Å². The summed E-state index contributed by atoms with van der Waals surface area (Å²) in [7, 11) is 0. The smallest absolute Gasteiger partial charge is 0.139 e. The quantitative estimate of drug-likeness (QED) is 0.831. The molecule has 0 bridgehead atoms. The summed E-state index contributed by atoms with van der Waals surface area (Å²) >= 11 is 0. The molecule has 3 nitrogen and oxygen atoms in total. The zero-order valence-corrected chi connectivity index (χ0v) is 12.2. The van der Waals surface area contributed by atoms with Crippen LogP contribution in [0.4, 0.5) is 11.4 Å². The Bertz CT molecular complexity index is 423. The van der Waals surface area contributed by atoms with Gasteiger partial charge >= 0.3 is 0 Å². The van der Waals surface area contributed by atoms with Gasteiger partial charge in [0.05, 0.1) is 0 Å². The van der Waals surface area contributed by atoms with E-state index in [1.54, 1.807) is 0 Å². The molecule has 1 aliphatic rings. The van der Waals surface area contributed by atoms with Crippen LogP contribution in [0, 0.1) is 5.92 Å². The molecular weight excluding hydrogens is 236 g/mol. The topological polar surface area (TPSA) is 23.6 Å². The minimum Gasteiger partial charge on any atom is -0.372 e. The fourth-order valence-electron chi connectivity index (χ4n) is 2.71. The van der Waals surface area contributed by atoms with Crippen LogP contribution in [0.5, 0.6) is 0 Å². The van der Waals surface area contributed by atoms with Crippen molar-refractivity contribution in [3.05, 3.63) is 24.3 Å². The fourth-order valence-corrected chi connectivity index (χ4v) is 2.71. The fraction of sp³-hybridized carbons (Fsp3) is 0.562. The highest BCUT2D eigenvalue weighted by atomic mass is 16.1. The molecule has 1 atom stereocenters. The SMILES string of the molecule is CCN(CC)c1ccc(N2CCC(=O)C(C)C2)cc1. The van der Waals surface area contributed by atoms with E-state index in [-0.39, 0.29) is 5.92 Å². The molecule has 0 saturated carbocycles. The molecule has 1 heterocycles. The largest absolute Gasteiger partial charge is 0.372 e. The molecule has 1 aromatic rings. The summed E-state index contributed by atoms with van der Waals surface area (Å²) in [4.78, 5) is 16.2. The van der Waals surface area contributed by atoms with E-state index in [0.29, 0.717) is 12.2 Å². The second-order valence-electron chi connectivity index (χ2n) is 5.25. The molecule has 1 saturated heterocycles. The first-order valence-electron chi connectivity index (χ1n) is 7.28. The summed E-state index contributed by atoms with van der Waals surface area (Å²) in [6.07, 6.45) is 0.680. The average Bonchev–Trinajstić information content (AvgIpc) is 2.44. The monoisotopic (exact) mass is 260 g/mol. The molecule has 19 heavy (non-hydrogen) atoms. The third-order valence-electron chi connectivity index (χ3n) is 4.02. The number of hydrogen-bond acceptors (Lipinski definition) is 3. The average molecular weight is 260 g/mol. The van der Waals surface area contributed by atoms with E-state index in [1.165, 1.54) is 11.4 Å². The predicted molar refractivity (Wildman–Crippen MR) is 81.0 cm³/mol. The van der Waals surface area contributed by atoms with E-state index in [2.05, 4.69) is 47.9 Å². The van der Waals surface area contributed by atoms with Crippen LogP contribution in [0.1, 0.15) is 27.2 Å². The van der Waals surface area contributed by atoms with Gasteiger partial charge in [-0.3, -0.25) is 4.79 Å².